The zero-order valence-corrected chi connectivity index (χ0v) is 8.38. The fourth-order valence-electron chi connectivity index (χ4n) is 0.921. The number of esters is 1. The SMILES string of the molecule is CCC(O)(CC)C(=O)OCCCN. The van der Waals surface area contributed by atoms with Gasteiger partial charge >= 0.3 is 5.97 Å². The van der Waals surface area contributed by atoms with Crippen LogP contribution in [0.5, 0.6) is 0 Å². The van der Waals surface area contributed by atoms with E-state index in [0.717, 1.165) is 0 Å². The molecule has 4 heteroatoms. The molecule has 0 bridgehead atoms. The Bertz CT molecular complexity index is 155. The van der Waals surface area contributed by atoms with E-state index in [4.69, 9.17) is 10.5 Å². The molecule has 0 spiro atoms. The Balaban J connectivity index is 3.92. The van der Waals surface area contributed by atoms with Crippen LogP contribution >= 0.6 is 0 Å². The van der Waals surface area contributed by atoms with Crippen molar-refractivity contribution in [2.45, 2.75) is 38.7 Å². The summed E-state index contributed by atoms with van der Waals surface area (Å²) in [4.78, 5) is 11.3. The third kappa shape index (κ3) is 3.74. The highest BCUT2D eigenvalue weighted by Gasteiger charge is 2.33. The predicted octanol–water partition coefficient (Wildman–Crippen LogP) is 0.430. The number of carbonyl (C=O) groups excluding carboxylic acids is 1. The lowest BCUT2D eigenvalue weighted by atomic mass is 9.98. The molecule has 0 fully saturated rings. The molecular formula is C9H19NO3. The van der Waals surface area contributed by atoms with Crippen LogP contribution in [0.25, 0.3) is 0 Å². The lowest BCUT2D eigenvalue weighted by Gasteiger charge is -2.22. The van der Waals surface area contributed by atoms with Crippen molar-refractivity contribution in [1.29, 1.82) is 0 Å². The Morgan fingerprint density at radius 2 is 2.00 bits per heavy atom. The summed E-state index contributed by atoms with van der Waals surface area (Å²) in [5.41, 5.74) is 3.92. The van der Waals surface area contributed by atoms with Gasteiger partial charge < -0.3 is 15.6 Å². The van der Waals surface area contributed by atoms with Crippen LogP contribution < -0.4 is 5.73 Å². The maximum Gasteiger partial charge on any atom is 0.338 e. The van der Waals surface area contributed by atoms with Crippen LogP contribution in [0.2, 0.25) is 0 Å². The highest BCUT2D eigenvalue weighted by Crippen LogP contribution is 2.16. The van der Waals surface area contributed by atoms with Crippen molar-refractivity contribution in [1.82, 2.24) is 0 Å². The first-order chi connectivity index (χ1) is 6.10. The molecular weight excluding hydrogens is 170 g/mol. The quantitative estimate of drug-likeness (QED) is 0.469. The number of hydrogen-bond donors (Lipinski definition) is 2. The molecule has 0 unspecified atom stereocenters. The minimum absolute atomic E-state index is 0.289. The summed E-state index contributed by atoms with van der Waals surface area (Å²) in [7, 11) is 0. The summed E-state index contributed by atoms with van der Waals surface area (Å²) in [6.07, 6.45) is 1.39. The topological polar surface area (TPSA) is 72.5 Å². The van der Waals surface area contributed by atoms with Crippen LogP contribution in [0.3, 0.4) is 0 Å². The molecule has 13 heavy (non-hydrogen) atoms. The predicted molar refractivity (Wildman–Crippen MR) is 50.2 cm³/mol. The third-order valence-corrected chi connectivity index (χ3v) is 2.13. The van der Waals surface area contributed by atoms with Crippen molar-refractivity contribution in [2.24, 2.45) is 5.73 Å². The number of nitrogens with two attached hydrogens (primary N) is 1. The lowest BCUT2D eigenvalue weighted by Crippen LogP contribution is -2.39. The fourth-order valence-corrected chi connectivity index (χ4v) is 0.921. The van der Waals surface area contributed by atoms with E-state index in [2.05, 4.69) is 0 Å². The van der Waals surface area contributed by atoms with E-state index in [0.29, 0.717) is 25.8 Å². The van der Waals surface area contributed by atoms with E-state index >= 15 is 0 Å². The zero-order chi connectivity index (χ0) is 10.3. The van der Waals surface area contributed by atoms with Gasteiger partial charge in [0.15, 0.2) is 5.60 Å². The molecule has 0 aromatic rings. The van der Waals surface area contributed by atoms with Crippen molar-refractivity contribution < 1.29 is 14.6 Å². The Kier molecular flexibility index (Phi) is 5.66. The van der Waals surface area contributed by atoms with E-state index in [1.807, 2.05) is 0 Å². The molecule has 3 N–H and O–H groups in total. The Hall–Kier alpha value is -0.610. The van der Waals surface area contributed by atoms with Gasteiger partial charge in [0.05, 0.1) is 6.61 Å². The van der Waals surface area contributed by atoms with E-state index in [1.54, 1.807) is 13.8 Å². The molecule has 0 saturated carbocycles. The summed E-state index contributed by atoms with van der Waals surface area (Å²) in [5, 5.41) is 9.69. The normalized spacial score (nSPS) is 11.4. The lowest BCUT2D eigenvalue weighted by molar-refractivity contribution is -0.166. The van der Waals surface area contributed by atoms with Crippen LogP contribution in [-0.4, -0.2) is 29.8 Å². The van der Waals surface area contributed by atoms with E-state index in [1.165, 1.54) is 0 Å². The largest absolute Gasteiger partial charge is 0.464 e. The summed E-state index contributed by atoms with van der Waals surface area (Å²) in [5.74, 6) is -0.536. The van der Waals surface area contributed by atoms with Gasteiger partial charge in [0.25, 0.3) is 0 Å². The number of carbonyl (C=O) groups is 1. The zero-order valence-electron chi connectivity index (χ0n) is 8.38. The number of ether oxygens (including phenoxy) is 1. The van der Waals surface area contributed by atoms with Crippen molar-refractivity contribution >= 4 is 5.97 Å². The maximum absolute atomic E-state index is 11.3. The highest BCUT2D eigenvalue weighted by molar-refractivity contribution is 5.79. The first kappa shape index (κ1) is 12.4. The molecule has 0 saturated heterocycles. The molecule has 0 aliphatic heterocycles. The smallest absolute Gasteiger partial charge is 0.338 e. The van der Waals surface area contributed by atoms with Crippen LogP contribution in [0.15, 0.2) is 0 Å². The van der Waals surface area contributed by atoms with Gasteiger partial charge in [-0.15, -0.1) is 0 Å². The Morgan fingerprint density at radius 3 is 2.38 bits per heavy atom. The summed E-state index contributed by atoms with van der Waals surface area (Å²) < 4.78 is 4.86. The molecule has 0 rings (SSSR count). The Morgan fingerprint density at radius 1 is 1.46 bits per heavy atom. The van der Waals surface area contributed by atoms with Gasteiger partial charge in [-0.25, -0.2) is 4.79 Å². The van der Waals surface area contributed by atoms with Gasteiger partial charge in [-0.2, -0.15) is 0 Å². The van der Waals surface area contributed by atoms with Crippen LogP contribution in [0.1, 0.15) is 33.1 Å². The standard InChI is InChI=1S/C9H19NO3/c1-3-9(12,4-2)8(11)13-7-5-6-10/h12H,3-7,10H2,1-2H3. The minimum Gasteiger partial charge on any atom is -0.464 e. The van der Waals surface area contributed by atoms with Crippen LogP contribution in [-0.2, 0) is 9.53 Å². The number of aliphatic hydroxyl groups is 1. The van der Waals surface area contributed by atoms with Gasteiger partial charge in [-0.05, 0) is 25.8 Å². The van der Waals surface area contributed by atoms with Gasteiger partial charge in [-0.1, -0.05) is 13.8 Å². The van der Waals surface area contributed by atoms with Gasteiger partial charge in [0.1, 0.15) is 0 Å². The van der Waals surface area contributed by atoms with Gasteiger partial charge in [0.2, 0.25) is 0 Å². The van der Waals surface area contributed by atoms with E-state index in [9.17, 15) is 9.90 Å². The first-order valence-corrected chi connectivity index (χ1v) is 4.70. The fraction of sp³-hybridized carbons (Fsp3) is 0.889. The summed E-state index contributed by atoms with van der Waals surface area (Å²) in [6, 6.07) is 0. The number of hydrogen-bond acceptors (Lipinski definition) is 4. The van der Waals surface area contributed by atoms with Crippen LogP contribution in [0, 0.1) is 0 Å². The van der Waals surface area contributed by atoms with Gasteiger partial charge in [-0.3, -0.25) is 0 Å². The second-order valence-electron chi connectivity index (χ2n) is 3.02. The van der Waals surface area contributed by atoms with Crippen molar-refractivity contribution in [3.63, 3.8) is 0 Å². The summed E-state index contributed by atoms with van der Waals surface area (Å²) in [6.45, 7) is 4.29. The minimum atomic E-state index is -1.31. The molecule has 0 amide bonds. The second kappa shape index (κ2) is 5.94. The Labute approximate surface area is 79.1 Å². The molecule has 0 aliphatic rings. The van der Waals surface area contributed by atoms with Crippen molar-refractivity contribution in [2.75, 3.05) is 13.2 Å². The van der Waals surface area contributed by atoms with Crippen molar-refractivity contribution in [3.05, 3.63) is 0 Å². The monoisotopic (exact) mass is 189 g/mol. The highest BCUT2D eigenvalue weighted by atomic mass is 16.5. The second-order valence-corrected chi connectivity index (χ2v) is 3.02. The van der Waals surface area contributed by atoms with Gasteiger partial charge in [0, 0.05) is 0 Å². The molecule has 4 nitrogen and oxygen atoms in total. The first-order valence-electron chi connectivity index (χ1n) is 4.70. The molecule has 0 aliphatic carbocycles. The third-order valence-electron chi connectivity index (χ3n) is 2.13. The molecule has 0 aromatic heterocycles. The maximum atomic E-state index is 11.3. The molecule has 0 radical (unpaired) electrons. The average molecular weight is 189 g/mol. The molecule has 78 valence electrons. The average Bonchev–Trinajstić information content (AvgIpc) is 2.17. The van der Waals surface area contributed by atoms with Crippen LogP contribution in [0.4, 0.5) is 0 Å². The molecule has 0 heterocycles. The van der Waals surface area contributed by atoms with E-state index in [-0.39, 0.29) is 6.61 Å². The van der Waals surface area contributed by atoms with Crippen molar-refractivity contribution in [3.8, 4) is 0 Å². The molecule has 0 atom stereocenters. The number of rotatable bonds is 6. The summed E-state index contributed by atoms with van der Waals surface area (Å²) >= 11 is 0. The van der Waals surface area contributed by atoms with E-state index < -0.39 is 11.6 Å². The molecule has 0 aromatic carbocycles.